The van der Waals surface area contributed by atoms with Gasteiger partial charge < -0.3 is 9.72 Å². The van der Waals surface area contributed by atoms with Gasteiger partial charge in [-0.1, -0.05) is 6.07 Å². The number of benzene rings is 1. The second-order valence-corrected chi connectivity index (χ2v) is 7.69. The van der Waals surface area contributed by atoms with Crippen LogP contribution in [0.2, 0.25) is 0 Å². The molecule has 0 bridgehead atoms. The number of sulfonamides is 1. The quantitative estimate of drug-likeness (QED) is 0.676. The summed E-state index contributed by atoms with van der Waals surface area (Å²) in [4.78, 5) is 14.7. The Hall–Kier alpha value is -2.39. The van der Waals surface area contributed by atoms with E-state index in [1.165, 1.54) is 12.3 Å². The number of rotatable bonds is 5. The molecule has 0 atom stereocenters. The Labute approximate surface area is 141 Å². The summed E-state index contributed by atoms with van der Waals surface area (Å²) >= 11 is 1.05. The van der Waals surface area contributed by atoms with Gasteiger partial charge in [0.25, 0.3) is 10.0 Å². The Morgan fingerprint density at radius 2 is 2.21 bits per heavy atom. The van der Waals surface area contributed by atoms with Gasteiger partial charge in [-0.3, -0.25) is 4.72 Å². The molecule has 126 valence electrons. The number of esters is 1. The number of carbonyl (C=O) groups excluding carboxylic acids is 1. The number of hydrogen-bond donors (Lipinski definition) is 2. The summed E-state index contributed by atoms with van der Waals surface area (Å²) < 4.78 is 46.0. The number of fused-ring (bicyclic) bond motifs is 1. The summed E-state index contributed by atoms with van der Waals surface area (Å²) in [5.41, 5.74) is 0.469. The van der Waals surface area contributed by atoms with Crippen LogP contribution in [0.1, 0.15) is 17.3 Å². The molecule has 0 aliphatic carbocycles. The molecular weight excluding hydrogens is 355 g/mol. The van der Waals surface area contributed by atoms with Crippen molar-refractivity contribution in [1.29, 1.82) is 0 Å². The van der Waals surface area contributed by atoms with E-state index in [4.69, 9.17) is 4.74 Å². The lowest BCUT2D eigenvalue weighted by Gasteiger charge is -2.08. The molecule has 0 saturated carbocycles. The van der Waals surface area contributed by atoms with Crippen molar-refractivity contribution in [2.24, 2.45) is 0 Å². The molecule has 0 saturated heterocycles. The molecule has 0 amide bonds. The zero-order valence-corrected chi connectivity index (χ0v) is 14.1. The molecule has 0 spiro atoms. The third-order valence-electron chi connectivity index (χ3n) is 3.25. The van der Waals surface area contributed by atoms with Crippen LogP contribution in [0.5, 0.6) is 0 Å². The number of nitrogens with one attached hydrogen (secondary N) is 2. The maximum atomic E-state index is 13.9. The lowest BCUT2D eigenvalue weighted by molar-refractivity contribution is 0.0528. The fourth-order valence-electron chi connectivity index (χ4n) is 2.27. The van der Waals surface area contributed by atoms with Gasteiger partial charge >= 0.3 is 5.97 Å². The van der Waals surface area contributed by atoms with Crippen LogP contribution < -0.4 is 4.72 Å². The predicted octanol–water partition coefficient (Wildman–Crippen LogP) is 3.35. The van der Waals surface area contributed by atoms with Crippen molar-refractivity contribution in [2.75, 3.05) is 11.3 Å². The van der Waals surface area contributed by atoms with Gasteiger partial charge in [0.1, 0.15) is 10.0 Å². The zero-order valence-electron chi connectivity index (χ0n) is 12.5. The van der Waals surface area contributed by atoms with E-state index in [-0.39, 0.29) is 27.5 Å². The van der Waals surface area contributed by atoms with Crippen molar-refractivity contribution in [3.63, 3.8) is 0 Å². The summed E-state index contributed by atoms with van der Waals surface area (Å²) in [5, 5.41) is 1.88. The summed E-state index contributed by atoms with van der Waals surface area (Å²) in [6.07, 6.45) is 1.37. The molecule has 2 N–H and O–H groups in total. The van der Waals surface area contributed by atoms with E-state index in [0.717, 1.165) is 23.5 Å². The molecular formula is C15H13FN2O4S2. The first kappa shape index (κ1) is 16.5. The Balaban J connectivity index is 2.08. The fourth-order valence-corrected chi connectivity index (χ4v) is 4.32. The summed E-state index contributed by atoms with van der Waals surface area (Å²) in [7, 11) is -3.83. The lowest BCUT2D eigenvalue weighted by atomic mass is 10.1. The molecule has 2 heterocycles. The minimum Gasteiger partial charge on any atom is -0.462 e. The predicted molar refractivity (Wildman–Crippen MR) is 89.3 cm³/mol. The van der Waals surface area contributed by atoms with Gasteiger partial charge in [0.2, 0.25) is 0 Å². The average molecular weight is 368 g/mol. The maximum Gasteiger partial charge on any atom is 0.340 e. The average Bonchev–Trinajstić information content (AvgIpc) is 3.16. The van der Waals surface area contributed by atoms with Crippen LogP contribution in [0.3, 0.4) is 0 Å². The first-order valence-electron chi connectivity index (χ1n) is 6.96. The number of aromatic amines is 1. The monoisotopic (exact) mass is 368 g/mol. The Bertz CT molecular complexity index is 994. The molecule has 3 aromatic rings. The topological polar surface area (TPSA) is 88.3 Å². The van der Waals surface area contributed by atoms with Crippen molar-refractivity contribution in [3.05, 3.63) is 47.2 Å². The third kappa shape index (κ3) is 3.00. The maximum absolute atomic E-state index is 13.9. The van der Waals surface area contributed by atoms with Crippen LogP contribution >= 0.6 is 11.3 Å². The van der Waals surface area contributed by atoms with E-state index in [1.54, 1.807) is 18.4 Å². The van der Waals surface area contributed by atoms with Crippen molar-refractivity contribution in [2.45, 2.75) is 11.1 Å². The Morgan fingerprint density at radius 3 is 2.88 bits per heavy atom. The highest BCUT2D eigenvalue weighted by Crippen LogP contribution is 2.30. The van der Waals surface area contributed by atoms with Gasteiger partial charge in [-0.2, -0.15) is 0 Å². The second-order valence-electron chi connectivity index (χ2n) is 4.84. The molecule has 0 aliphatic rings. The van der Waals surface area contributed by atoms with Crippen molar-refractivity contribution in [3.8, 4) is 0 Å². The van der Waals surface area contributed by atoms with Crippen LogP contribution in [0.15, 0.2) is 40.1 Å². The fraction of sp³-hybridized carbons (Fsp3) is 0.133. The van der Waals surface area contributed by atoms with Crippen molar-refractivity contribution < 1.29 is 22.3 Å². The van der Waals surface area contributed by atoms with E-state index in [1.807, 2.05) is 0 Å². The highest BCUT2D eigenvalue weighted by molar-refractivity contribution is 7.94. The van der Waals surface area contributed by atoms with Crippen LogP contribution in [0.25, 0.3) is 10.9 Å². The van der Waals surface area contributed by atoms with Crippen LogP contribution in [0, 0.1) is 5.82 Å². The van der Waals surface area contributed by atoms with E-state index in [9.17, 15) is 17.6 Å². The molecule has 0 fully saturated rings. The van der Waals surface area contributed by atoms with Gasteiger partial charge in [-0.05, 0) is 24.4 Å². The Morgan fingerprint density at radius 1 is 1.42 bits per heavy atom. The van der Waals surface area contributed by atoms with E-state index in [2.05, 4.69) is 9.71 Å². The summed E-state index contributed by atoms with van der Waals surface area (Å²) in [6.45, 7) is 1.84. The standard InChI is InChI=1S/C15H13FN2O4S2/c1-2-22-15(19)11-8-17-14-10(11)6-9(16)7-12(14)18-24(20,21)13-4-3-5-23-13/h3-8,17-18H,2H2,1H3. The van der Waals surface area contributed by atoms with Gasteiger partial charge in [0.05, 0.1) is 23.4 Å². The van der Waals surface area contributed by atoms with Crippen LogP contribution in [-0.2, 0) is 14.8 Å². The molecule has 0 unspecified atom stereocenters. The molecule has 1 aromatic carbocycles. The summed E-state index contributed by atoms with van der Waals surface area (Å²) in [5.74, 6) is -1.28. The molecule has 0 aliphatic heterocycles. The minimum absolute atomic E-state index is 0.0222. The normalized spacial score (nSPS) is 11.6. The van der Waals surface area contributed by atoms with Gasteiger partial charge in [-0.15, -0.1) is 11.3 Å². The van der Waals surface area contributed by atoms with Crippen LogP contribution in [-0.4, -0.2) is 26.0 Å². The zero-order chi connectivity index (χ0) is 17.3. The van der Waals surface area contributed by atoms with Gasteiger partial charge in [-0.25, -0.2) is 17.6 Å². The number of H-pyrrole nitrogens is 1. The molecule has 3 rings (SSSR count). The van der Waals surface area contributed by atoms with Crippen molar-refractivity contribution >= 4 is 43.9 Å². The SMILES string of the molecule is CCOC(=O)c1c[nH]c2c(NS(=O)(=O)c3cccs3)cc(F)cc12. The lowest BCUT2D eigenvalue weighted by Crippen LogP contribution is -2.12. The largest absolute Gasteiger partial charge is 0.462 e. The van der Waals surface area contributed by atoms with Gasteiger partial charge in [0.15, 0.2) is 0 Å². The molecule has 9 heteroatoms. The number of carbonyl (C=O) groups is 1. The highest BCUT2D eigenvalue weighted by Gasteiger charge is 2.21. The second kappa shape index (κ2) is 6.25. The molecule has 6 nitrogen and oxygen atoms in total. The molecule has 0 radical (unpaired) electrons. The first-order chi connectivity index (χ1) is 11.4. The third-order valence-corrected chi connectivity index (χ3v) is 6.02. The molecule has 24 heavy (non-hydrogen) atoms. The molecule has 2 aromatic heterocycles. The van der Waals surface area contributed by atoms with Gasteiger partial charge in [0, 0.05) is 17.6 Å². The van der Waals surface area contributed by atoms with E-state index >= 15 is 0 Å². The Kier molecular flexibility index (Phi) is 4.29. The number of aromatic nitrogens is 1. The number of anilines is 1. The van der Waals surface area contributed by atoms with E-state index in [0.29, 0.717) is 5.52 Å². The minimum atomic E-state index is -3.83. The smallest absolute Gasteiger partial charge is 0.340 e. The summed E-state index contributed by atoms with van der Waals surface area (Å²) in [6, 6.07) is 5.26. The first-order valence-corrected chi connectivity index (χ1v) is 9.32. The highest BCUT2D eigenvalue weighted by atomic mass is 32.2. The number of hydrogen-bond acceptors (Lipinski definition) is 5. The van der Waals surface area contributed by atoms with Crippen molar-refractivity contribution in [1.82, 2.24) is 4.98 Å². The van der Waals surface area contributed by atoms with E-state index < -0.39 is 21.8 Å². The number of ether oxygens (including phenoxy) is 1. The number of thiophene rings is 1. The number of halogens is 1. The van der Waals surface area contributed by atoms with Crippen LogP contribution in [0.4, 0.5) is 10.1 Å².